The molecule has 1 atom stereocenters. The summed E-state index contributed by atoms with van der Waals surface area (Å²) in [7, 11) is 0. The Morgan fingerprint density at radius 3 is 2.64 bits per heavy atom. The topological polar surface area (TPSA) is 29.5 Å². The minimum atomic E-state index is 0.275. The van der Waals surface area contributed by atoms with E-state index in [0.29, 0.717) is 5.92 Å². The predicted octanol–water partition coefficient (Wildman–Crippen LogP) is 1.82. The van der Waals surface area contributed by atoms with Crippen molar-refractivity contribution < 1.29 is 9.84 Å². The van der Waals surface area contributed by atoms with E-state index in [1.165, 1.54) is 6.42 Å². The Kier molecular flexibility index (Phi) is 7.96. The van der Waals surface area contributed by atoms with Crippen LogP contribution in [0.25, 0.3) is 0 Å². The molecule has 0 aromatic heterocycles. The highest BCUT2D eigenvalue weighted by Crippen LogP contribution is 2.00. The number of rotatable bonds is 7. The van der Waals surface area contributed by atoms with Crippen molar-refractivity contribution in [3.8, 4) is 0 Å². The summed E-state index contributed by atoms with van der Waals surface area (Å²) in [6.45, 7) is 6.12. The average Bonchev–Trinajstić information content (AvgIpc) is 2.04. The van der Waals surface area contributed by atoms with E-state index in [1.54, 1.807) is 0 Å². The van der Waals surface area contributed by atoms with E-state index in [4.69, 9.17) is 9.84 Å². The molecule has 0 aliphatic rings. The minimum Gasteiger partial charge on any atom is -0.396 e. The van der Waals surface area contributed by atoms with Crippen LogP contribution in [0.2, 0.25) is 0 Å². The van der Waals surface area contributed by atoms with Gasteiger partial charge in [-0.05, 0) is 18.8 Å². The fourth-order valence-electron chi connectivity index (χ4n) is 0.724. The maximum Gasteiger partial charge on any atom is 0.0469 e. The van der Waals surface area contributed by atoms with Gasteiger partial charge >= 0.3 is 0 Å². The van der Waals surface area contributed by atoms with Crippen LogP contribution in [0.4, 0.5) is 0 Å². The van der Waals surface area contributed by atoms with E-state index in [0.717, 1.165) is 26.1 Å². The molecule has 0 rings (SSSR count). The van der Waals surface area contributed by atoms with Crippen LogP contribution in [-0.2, 0) is 4.74 Å². The number of aliphatic hydroxyl groups is 1. The molecule has 0 unspecified atom stereocenters. The highest BCUT2D eigenvalue weighted by atomic mass is 16.5. The lowest BCUT2D eigenvalue weighted by Crippen LogP contribution is -2.06. The first-order valence-electron chi connectivity index (χ1n) is 4.49. The van der Waals surface area contributed by atoms with E-state index in [-0.39, 0.29) is 6.61 Å². The molecule has 0 heterocycles. The maximum atomic E-state index is 8.68. The van der Waals surface area contributed by atoms with Crippen LogP contribution < -0.4 is 0 Å². The Hall–Kier alpha value is -0.0800. The summed E-state index contributed by atoms with van der Waals surface area (Å²) >= 11 is 0. The van der Waals surface area contributed by atoms with Crippen molar-refractivity contribution in [1.29, 1.82) is 0 Å². The molecule has 0 aromatic rings. The normalized spacial score (nSPS) is 13.4. The number of unbranched alkanes of at least 4 members (excludes halogenated alkanes) is 1. The molecule has 0 radical (unpaired) electrons. The van der Waals surface area contributed by atoms with Crippen molar-refractivity contribution in [1.82, 2.24) is 0 Å². The van der Waals surface area contributed by atoms with Crippen LogP contribution in [0.15, 0.2) is 0 Å². The molecule has 0 aliphatic heterocycles. The summed E-state index contributed by atoms with van der Waals surface area (Å²) in [6, 6.07) is 0. The Balaban J connectivity index is 2.89. The summed E-state index contributed by atoms with van der Waals surface area (Å²) < 4.78 is 5.34. The van der Waals surface area contributed by atoms with E-state index in [2.05, 4.69) is 6.92 Å². The standard InChI is InChI=1S/C9H20O2/c1-3-4-6-11-7-5-9(2)8-10/h9-10H,3-8H2,1-2H3/t9-/m0/s1. The maximum absolute atomic E-state index is 8.68. The quantitative estimate of drug-likeness (QED) is 0.576. The summed E-state index contributed by atoms with van der Waals surface area (Å²) in [4.78, 5) is 0. The molecule has 11 heavy (non-hydrogen) atoms. The smallest absolute Gasteiger partial charge is 0.0469 e. The van der Waals surface area contributed by atoms with Gasteiger partial charge in [-0.3, -0.25) is 0 Å². The van der Waals surface area contributed by atoms with Crippen LogP contribution in [0.3, 0.4) is 0 Å². The molecule has 0 saturated heterocycles. The van der Waals surface area contributed by atoms with Crippen LogP contribution in [0.1, 0.15) is 33.1 Å². The van der Waals surface area contributed by atoms with Gasteiger partial charge in [0.05, 0.1) is 0 Å². The largest absolute Gasteiger partial charge is 0.396 e. The molecule has 2 nitrogen and oxygen atoms in total. The number of hydrogen-bond donors (Lipinski definition) is 1. The highest BCUT2D eigenvalue weighted by Gasteiger charge is 1.98. The van der Waals surface area contributed by atoms with Crippen molar-refractivity contribution in [2.45, 2.75) is 33.1 Å². The number of ether oxygens (including phenoxy) is 1. The fourth-order valence-corrected chi connectivity index (χ4v) is 0.724. The predicted molar refractivity (Wildman–Crippen MR) is 46.6 cm³/mol. The first-order valence-corrected chi connectivity index (χ1v) is 4.49. The lowest BCUT2D eigenvalue weighted by Gasteiger charge is -2.07. The molecule has 2 heteroatoms. The van der Waals surface area contributed by atoms with Gasteiger partial charge in [-0.25, -0.2) is 0 Å². The summed E-state index contributed by atoms with van der Waals surface area (Å²) in [5, 5.41) is 8.68. The zero-order chi connectivity index (χ0) is 8.53. The minimum absolute atomic E-state index is 0.275. The zero-order valence-corrected chi connectivity index (χ0v) is 7.68. The van der Waals surface area contributed by atoms with Crippen LogP contribution >= 0.6 is 0 Å². The molecule has 1 N–H and O–H groups in total. The lowest BCUT2D eigenvalue weighted by atomic mass is 10.1. The van der Waals surface area contributed by atoms with Gasteiger partial charge in [0.1, 0.15) is 0 Å². The zero-order valence-electron chi connectivity index (χ0n) is 7.68. The van der Waals surface area contributed by atoms with Crippen LogP contribution in [0, 0.1) is 5.92 Å². The fraction of sp³-hybridized carbons (Fsp3) is 1.00. The molecule has 0 aromatic carbocycles. The van der Waals surface area contributed by atoms with Gasteiger partial charge in [-0.15, -0.1) is 0 Å². The first kappa shape index (κ1) is 10.9. The third-order valence-corrected chi connectivity index (χ3v) is 1.71. The second-order valence-electron chi connectivity index (χ2n) is 3.04. The van der Waals surface area contributed by atoms with E-state index < -0.39 is 0 Å². The van der Waals surface area contributed by atoms with Gasteiger partial charge in [0.15, 0.2) is 0 Å². The molecular weight excluding hydrogens is 140 g/mol. The van der Waals surface area contributed by atoms with E-state index >= 15 is 0 Å². The summed E-state index contributed by atoms with van der Waals surface area (Å²) in [5.41, 5.74) is 0. The monoisotopic (exact) mass is 160 g/mol. The van der Waals surface area contributed by atoms with Gasteiger partial charge in [-0.1, -0.05) is 20.3 Å². The van der Waals surface area contributed by atoms with Crippen LogP contribution in [-0.4, -0.2) is 24.9 Å². The molecule has 0 fully saturated rings. The summed E-state index contributed by atoms with van der Waals surface area (Å²) in [5.74, 6) is 0.386. The van der Waals surface area contributed by atoms with Gasteiger partial charge < -0.3 is 9.84 Å². The van der Waals surface area contributed by atoms with Crippen molar-refractivity contribution in [3.63, 3.8) is 0 Å². The second-order valence-corrected chi connectivity index (χ2v) is 3.04. The highest BCUT2D eigenvalue weighted by molar-refractivity contribution is 4.48. The Morgan fingerprint density at radius 2 is 2.09 bits per heavy atom. The van der Waals surface area contributed by atoms with Crippen molar-refractivity contribution in [2.75, 3.05) is 19.8 Å². The van der Waals surface area contributed by atoms with Gasteiger partial charge in [0.2, 0.25) is 0 Å². The second kappa shape index (κ2) is 8.02. The van der Waals surface area contributed by atoms with Crippen molar-refractivity contribution in [2.24, 2.45) is 5.92 Å². The third-order valence-electron chi connectivity index (χ3n) is 1.71. The number of hydrogen-bond acceptors (Lipinski definition) is 2. The third kappa shape index (κ3) is 7.82. The van der Waals surface area contributed by atoms with Gasteiger partial charge in [0.25, 0.3) is 0 Å². The average molecular weight is 160 g/mol. The lowest BCUT2D eigenvalue weighted by molar-refractivity contribution is 0.108. The molecule has 0 aliphatic carbocycles. The Bertz CT molecular complexity index is 74.0. The Morgan fingerprint density at radius 1 is 1.36 bits per heavy atom. The molecule has 0 amide bonds. The molecule has 68 valence electrons. The number of aliphatic hydroxyl groups excluding tert-OH is 1. The van der Waals surface area contributed by atoms with E-state index in [1.807, 2.05) is 6.92 Å². The molecular formula is C9H20O2. The Labute approximate surface area is 69.6 Å². The summed E-state index contributed by atoms with van der Waals surface area (Å²) in [6.07, 6.45) is 3.31. The first-order chi connectivity index (χ1) is 5.31. The van der Waals surface area contributed by atoms with Crippen molar-refractivity contribution in [3.05, 3.63) is 0 Å². The van der Waals surface area contributed by atoms with Gasteiger partial charge in [-0.2, -0.15) is 0 Å². The van der Waals surface area contributed by atoms with Gasteiger partial charge in [0, 0.05) is 19.8 Å². The van der Waals surface area contributed by atoms with Crippen molar-refractivity contribution >= 4 is 0 Å². The van der Waals surface area contributed by atoms with Crippen LogP contribution in [0.5, 0.6) is 0 Å². The molecule has 0 saturated carbocycles. The van der Waals surface area contributed by atoms with E-state index in [9.17, 15) is 0 Å². The molecule has 0 bridgehead atoms. The SMILES string of the molecule is CCCCOCC[C@H](C)CO. The molecule has 0 spiro atoms.